The van der Waals surface area contributed by atoms with E-state index in [1.165, 1.54) is 0 Å². The van der Waals surface area contributed by atoms with E-state index in [0.29, 0.717) is 24.4 Å². The number of para-hydroxylation sites is 1. The maximum Gasteiger partial charge on any atom is 0.209 e. The van der Waals surface area contributed by atoms with Gasteiger partial charge in [-0.25, -0.2) is 4.31 Å². The first-order chi connectivity index (χ1) is 13.0. The summed E-state index contributed by atoms with van der Waals surface area (Å²) >= 11 is 0. The number of hydrogen-bond donors (Lipinski definition) is 3. The average Bonchev–Trinajstić information content (AvgIpc) is 2.66. The molecule has 3 aromatic rings. The molecule has 27 heavy (non-hydrogen) atoms. The standard InChI is InChI=1S/C21H24N2O3S/c1-15(11-12-22)21-26-20-14-17-8-6-5-7-16(17)13-19(20)23(27(21,24)25)18-9-3-2-4-10-18/h2-10,13-15,21,24-25H,11-12,22H2,1H3. The molecule has 6 heteroatoms. The third-order valence-corrected chi connectivity index (χ3v) is 7.08. The molecule has 3 aromatic carbocycles. The smallest absolute Gasteiger partial charge is 0.209 e. The van der Waals surface area contributed by atoms with Gasteiger partial charge in [-0.05, 0) is 48.0 Å². The first-order valence-electron chi connectivity index (χ1n) is 9.04. The van der Waals surface area contributed by atoms with Crippen LogP contribution in [0.3, 0.4) is 0 Å². The monoisotopic (exact) mass is 384 g/mol. The summed E-state index contributed by atoms with van der Waals surface area (Å²) in [5, 5.41) is 2.07. The van der Waals surface area contributed by atoms with Gasteiger partial charge in [-0.3, -0.25) is 9.11 Å². The maximum atomic E-state index is 11.3. The molecular formula is C21H24N2O3S. The van der Waals surface area contributed by atoms with Gasteiger partial charge < -0.3 is 10.5 Å². The predicted octanol–water partition coefficient (Wildman–Crippen LogP) is 5.35. The molecule has 0 saturated carbocycles. The van der Waals surface area contributed by atoms with Gasteiger partial charge in [0.1, 0.15) is 11.4 Å². The van der Waals surface area contributed by atoms with Gasteiger partial charge in [0.2, 0.25) is 5.44 Å². The molecule has 142 valence electrons. The summed E-state index contributed by atoms with van der Waals surface area (Å²) in [6.07, 6.45) is 0.645. The van der Waals surface area contributed by atoms with E-state index in [1.54, 1.807) is 4.31 Å². The Hall–Kier alpha value is -2.25. The van der Waals surface area contributed by atoms with Gasteiger partial charge in [-0.15, -0.1) is 0 Å². The highest BCUT2D eigenvalue weighted by molar-refractivity contribution is 8.26. The van der Waals surface area contributed by atoms with Gasteiger partial charge in [0.05, 0.1) is 5.69 Å². The number of ether oxygens (including phenoxy) is 1. The largest absolute Gasteiger partial charge is 0.466 e. The van der Waals surface area contributed by atoms with Crippen molar-refractivity contribution in [3.63, 3.8) is 0 Å². The molecular weight excluding hydrogens is 360 g/mol. The van der Waals surface area contributed by atoms with Gasteiger partial charge >= 0.3 is 0 Å². The van der Waals surface area contributed by atoms with Crippen LogP contribution in [0.25, 0.3) is 10.8 Å². The molecule has 0 saturated heterocycles. The summed E-state index contributed by atoms with van der Waals surface area (Å²) in [6.45, 7) is 2.41. The Morgan fingerprint density at radius 3 is 2.33 bits per heavy atom. The first-order valence-corrected chi connectivity index (χ1v) is 10.6. The lowest BCUT2D eigenvalue weighted by molar-refractivity contribution is 0.189. The molecule has 5 nitrogen and oxygen atoms in total. The summed E-state index contributed by atoms with van der Waals surface area (Å²) in [4.78, 5) is 0. The van der Waals surface area contributed by atoms with Crippen LogP contribution in [0.2, 0.25) is 0 Å². The molecule has 0 aromatic heterocycles. The van der Waals surface area contributed by atoms with Gasteiger partial charge in [0, 0.05) is 5.92 Å². The Balaban J connectivity index is 1.92. The van der Waals surface area contributed by atoms with Crippen LogP contribution in [-0.2, 0) is 0 Å². The van der Waals surface area contributed by atoms with Crippen molar-refractivity contribution in [2.24, 2.45) is 11.7 Å². The van der Waals surface area contributed by atoms with Crippen LogP contribution in [0.4, 0.5) is 11.4 Å². The summed E-state index contributed by atoms with van der Waals surface area (Å²) in [6, 6.07) is 21.3. The lowest BCUT2D eigenvalue weighted by atomic mass is 10.1. The van der Waals surface area contributed by atoms with Crippen molar-refractivity contribution in [1.29, 1.82) is 0 Å². The molecule has 0 fully saturated rings. The number of hydrogen-bond acceptors (Lipinski definition) is 5. The predicted molar refractivity (Wildman–Crippen MR) is 113 cm³/mol. The first kappa shape index (κ1) is 18.1. The Morgan fingerprint density at radius 2 is 1.67 bits per heavy atom. The number of rotatable bonds is 4. The van der Waals surface area contributed by atoms with Gasteiger partial charge in [-0.2, -0.15) is 0 Å². The van der Waals surface area contributed by atoms with E-state index in [-0.39, 0.29) is 5.92 Å². The Labute approximate surface area is 160 Å². The average molecular weight is 385 g/mol. The Morgan fingerprint density at radius 1 is 1.04 bits per heavy atom. The van der Waals surface area contributed by atoms with Crippen molar-refractivity contribution in [2.75, 3.05) is 10.8 Å². The van der Waals surface area contributed by atoms with Crippen molar-refractivity contribution in [3.05, 3.63) is 66.7 Å². The van der Waals surface area contributed by atoms with Crippen LogP contribution >= 0.6 is 10.8 Å². The second-order valence-electron chi connectivity index (χ2n) is 6.90. The zero-order chi connectivity index (χ0) is 19.0. The van der Waals surface area contributed by atoms with Crippen LogP contribution in [0.15, 0.2) is 66.7 Å². The van der Waals surface area contributed by atoms with Crippen molar-refractivity contribution >= 4 is 32.9 Å². The fourth-order valence-electron chi connectivity index (χ4n) is 3.58. The normalized spacial score (nSPS) is 20.6. The minimum atomic E-state index is -3.27. The van der Waals surface area contributed by atoms with Crippen molar-refractivity contribution < 1.29 is 13.8 Å². The minimum Gasteiger partial charge on any atom is -0.466 e. The number of benzene rings is 3. The maximum absolute atomic E-state index is 11.3. The van der Waals surface area contributed by atoms with Gasteiger partial charge in [0.15, 0.2) is 0 Å². The molecule has 0 bridgehead atoms. The fraction of sp³-hybridized carbons (Fsp3) is 0.238. The van der Waals surface area contributed by atoms with Gasteiger partial charge in [0.25, 0.3) is 0 Å². The summed E-state index contributed by atoms with van der Waals surface area (Å²) in [5.74, 6) is 0.545. The number of nitrogens with two attached hydrogens (primary N) is 1. The molecule has 0 amide bonds. The third kappa shape index (κ3) is 3.15. The highest BCUT2D eigenvalue weighted by Crippen LogP contribution is 2.62. The van der Waals surface area contributed by atoms with Crippen molar-refractivity contribution in [3.8, 4) is 5.75 Å². The van der Waals surface area contributed by atoms with Gasteiger partial charge in [-0.1, -0.05) is 60.2 Å². The SMILES string of the molecule is CC(CCN)C1Oc2cc3ccccc3cc2N(c2ccccc2)S1(O)O. The molecule has 0 spiro atoms. The van der Waals surface area contributed by atoms with Crippen LogP contribution in [0.5, 0.6) is 5.75 Å². The molecule has 0 aliphatic carbocycles. The Kier molecular flexibility index (Phi) is 4.74. The molecule has 1 aliphatic heterocycles. The molecule has 4 N–H and O–H groups in total. The number of nitrogens with zero attached hydrogens (tertiary/aromatic N) is 1. The molecule has 1 heterocycles. The summed E-state index contributed by atoms with van der Waals surface area (Å²) in [5.41, 5.74) is 6.35. The number of fused-ring (bicyclic) bond motifs is 2. The van der Waals surface area contributed by atoms with Crippen LogP contribution < -0.4 is 14.8 Å². The lowest BCUT2D eigenvalue weighted by Gasteiger charge is -2.53. The molecule has 2 atom stereocenters. The van der Waals surface area contributed by atoms with Crippen molar-refractivity contribution in [2.45, 2.75) is 18.8 Å². The number of anilines is 2. The second-order valence-corrected chi connectivity index (χ2v) is 8.85. The fourth-order valence-corrected chi connectivity index (χ4v) is 5.65. The molecule has 4 rings (SSSR count). The highest BCUT2D eigenvalue weighted by Gasteiger charge is 2.44. The highest BCUT2D eigenvalue weighted by atomic mass is 32.3. The molecule has 2 unspecified atom stereocenters. The van der Waals surface area contributed by atoms with E-state index in [2.05, 4.69) is 0 Å². The van der Waals surface area contributed by atoms with Crippen molar-refractivity contribution in [1.82, 2.24) is 0 Å². The third-order valence-electron chi connectivity index (χ3n) is 4.95. The van der Waals surface area contributed by atoms with E-state index in [4.69, 9.17) is 10.5 Å². The van der Waals surface area contributed by atoms with E-state index in [0.717, 1.165) is 16.5 Å². The van der Waals surface area contributed by atoms with E-state index in [1.807, 2.05) is 73.7 Å². The minimum absolute atomic E-state index is 0.106. The van der Waals surface area contributed by atoms with E-state index in [9.17, 15) is 9.11 Å². The van der Waals surface area contributed by atoms with Crippen LogP contribution in [0.1, 0.15) is 13.3 Å². The second kappa shape index (κ2) is 7.05. The summed E-state index contributed by atoms with van der Waals surface area (Å²) in [7, 11) is -3.27. The quantitative estimate of drug-likeness (QED) is 0.565. The van der Waals surface area contributed by atoms with E-state index >= 15 is 0 Å². The lowest BCUT2D eigenvalue weighted by Crippen LogP contribution is -2.43. The molecule has 1 aliphatic rings. The zero-order valence-electron chi connectivity index (χ0n) is 15.2. The van der Waals surface area contributed by atoms with E-state index < -0.39 is 16.2 Å². The topological polar surface area (TPSA) is 79.0 Å². The molecule has 0 radical (unpaired) electrons. The summed E-state index contributed by atoms with van der Waals surface area (Å²) < 4.78 is 30.3. The van der Waals surface area contributed by atoms with Crippen LogP contribution in [-0.4, -0.2) is 21.1 Å². The van der Waals surface area contributed by atoms with Crippen LogP contribution in [0, 0.1) is 5.92 Å². The Bertz CT molecular complexity index is 949. The zero-order valence-corrected chi connectivity index (χ0v) is 16.0.